The summed E-state index contributed by atoms with van der Waals surface area (Å²) in [6, 6.07) is 27.1. The van der Waals surface area contributed by atoms with Crippen LogP contribution in [0.1, 0.15) is 29.7 Å². The fourth-order valence-corrected chi connectivity index (χ4v) is 7.40. The van der Waals surface area contributed by atoms with Crippen LogP contribution in [0.25, 0.3) is 6.08 Å². The van der Waals surface area contributed by atoms with Gasteiger partial charge in [0.2, 0.25) is 0 Å². The molecule has 4 aromatic carbocycles. The molecule has 0 fully saturated rings. The van der Waals surface area contributed by atoms with Gasteiger partial charge in [0.25, 0.3) is 11.5 Å². The number of thiazole rings is 1. The van der Waals surface area contributed by atoms with Crippen LogP contribution in [-0.2, 0) is 11.4 Å². The molecule has 0 unspecified atom stereocenters. The molecular weight excluding hydrogens is 749 g/mol. The van der Waals surface area contributed by atoms with Crippen LogP contribution in [0.15, 0.2) is 112 Å². The molecule has 5 aromatic rings. The number of hydrogen-bond acceptors (Lipinski definition) is 7. The zero-order valence-corrected chi connectivity index (χ0v) is 29.4. The van der Waals surface area contributed by atoms with E-state index in [1.165, 1.54) is 11.3 Å². The highest BCUT2D eigenvalue weighted by molar-refractivity contribution is 14.1. The molecule has 0 bridgehead atoms. The second-order valence-electron chi connectivity index (χ2n) is 10.6. The molecule has 1 N–H and O–H groups in total. The smallest absolute Gasteiger partial charge is 0.271 e. The van der Waals surface area contributed by atoms with Gasteiger partial charge in [-0.15, -0.1) is 0 Å². The summed E-state index contributed by atoms with van der Waals surface area (Å²) in [7, 11) is 3.16. The van der Waals surface area contributed by atoms with Gasteiger partial charge in [0, 0.05) is 10.7 Å². The van der Waals surface area contributed by atoms with E-state index in [0.717, 1.165) is 20.3 Å². The number of carbonyl (C=O) groups is 1. The topological polar surface area (TPSA) is 91.2 Å². The first kappa shape index (κ1) is 32.5. The number of aromatic nitrogens is 1. The van der Waals surface area contributed by atoms with Crippen LogP contribution in [-0.4, -0.2) is 24.7 Å². The predicted molar refractivity (Wildman–Crippen MR) is 193 cm³/mol. The van der Waals surface area contributed by atoms with Crippen molar-refractivity contribution in [3.8, 4) is 17.2 Å². The molecule has 0 radical (unpaired) electrons. The maximum Gasteiger partial charge on any atom is 0.271 e. The van der Waals surface area contributed by atoms with Gasteiger partial charge >= 0.3 is 0 Å². The first-order valence-corrected chi connectivity index (χ1v) is 16.8. The summed E-state index contributed by atoms with van der Waals surface area (Å²) < 4.78 is 20.2. The second kappa shape index (κ2) is 14.2. The summed E-state index contributed by atoms with van der Waals surface area (Å²) in [5, 5.41) is 3.61. The number of ether oxygens (including phenoxy) is 3. The van der Waals surface area contributed by atoms with Crippen molar-refractivity contribution in [2.45, 2.75) is 19.6 Å². The van der Waals surface area contributed by atoms with E-state index in [0.29, 0.717) is 55.2 Å². The van der Waals surface area contributed by atoms with Gasteiger partial charge < -0.3 is 19.5 Å². The largest absolute Gasteiger partial charge is 0.497 e. The Morgan fingerprint density at radius 3 is 2.55 bits per heavy atom. The zero-order valence-electron chi connectivity index (χ0n) is 25.6. The van der Waals surface area contributed by atoms with Gasteiger partial charge in [-0.05, 0) is 101 Å². The summed E-state index contributed by atoms with van der Waals surface area (Å²) in [5.41, 5.74) is 3.68. The molecule has 0 spiro atoms. The van der Waals surface area contributed by atoms with Crippen LogP contribution < -0.4 is 34.4 Å². The third-order valence-corrected chi connectivity index (χ3v) is 9.55. The Labute approximate surface area is 293 Å². The highest BCUT2D eigenvalue weighted by atomic mass is 127. The molecule has 47 heavy (non-hydrogen) atoms. The summed E-state index contributed by atoms with van der Waals surface area (Å²) >= 11 is 9.60. The fourth-order valence-electron chi connectivity index (χ4n) is 5.36. The molecule has 1 aromatic heterocycles. The molecule has 8 nitrogen and oxygen atoms in total. The molecular formula is C36H29ClIN3O5S. The average molecular weight is 778 g/mol. The van der Waals surface area contributed by atoms with Crippen molar-refractivity contribution in [1.82, 2.24) is 4.57 Å². The fraction of sp³-hybridized carbons (Fsp3) is 0.139. The summed E-state index contributed by atoms with van der Waals surface area (Å²) in [6.45, 7) is 2.11. The number of nitrogens with one attached hydrogen (secondary N) is 1. The quantitative estimate of drug-likeness (QED) is 0.168. The number of nitrogens with zero attached hydrogens (tertiary/aromatic N) is 2. The maximum absolute atomic E-state index is 14.2. The lowest BCUT2D eigenvalue weighted by Gasteiger charge is -2.25. The van der Waals surface area contributed by atoms with Crippen LogP contribution >= 0.6 is 45.5 Å². The van der Waals surface area contributed by atoms with Crippen LogP contribution in [0.4, 0.5) is 5.69 Å². The van der Waals surface area contributed by atoms with Crippen molar-refractivity contribution in [2.24, 2.45) is 4.99 Å². The van der Waals surface area contributed by atoms with Crippen molar-refractivity contribution in [1.29, 1.82) is 0 Å². The second-order valence-corrected chi connectivity index (χ2v) is 13.2. The molecule has 2 heterocycles. The van der Waals surface area contributed by atoms with Gasteiger partial charge in [-0.25, -0.2) is 4.99 Å². The maximum atomic E-state index is 14.2. The third kappa shape index (κ3) is 6.99. The Hall–Kier alpha value is -4.39. The Balaban J connectivity index is 1.41. The molecule has 238 valence electrons. The standard InChI is InChI=1S/C36H29ClIN3O5S/c1-21-31(34(42)40-26-12-5-4-6-13-26)32(24-10-8-14-27(19-24)44-2)41-35(43)30(47-36(41)39-21)18-23-16-28(38)33(29(17-23)45-3)46-20-22-9-7-11-25(37)15-22/h4-19,32H,20H2,1-3H3,(H,40,42)/b30-18-/t32-/m0/s1. The van der Waals surface area contributed by atoms with Gasteiger partial charge in [0.15, 0.2) is 16.3 Å². The van der Waals surface area contributed by atoms with E-state index < -0.39 is 6.04 Å². The van der Waals surface area contributed by atoms with Gasteiger partial charge in [0.1, 0.15) is 12.4 Å². The van der Waals surface area contributed by atoms with E-state index in [9.17, 15) is 9.59 Å². The summed E-state index contributed by atoms with van der Waals surface area (Å²) in [6.07, 6.45) is 1.81. The lowest BCUT2D eigenvalue weighted by molar-refractivity contribution is -0.113. The molecule has 1 aliphatic rings. The molecule has 0 saturated carbocycles. The number of anilines is 1. The van der Waals surface area contributed by atoms with Crippen LogP contribution in [0.5, 0.6) is 17.2 Å². The number of amides is 1. The zero-order chi connectivity index (χ0) is 33.1. The number of benzene rings is 4. The minimum Gasteiger partial charge on any atom is -0.497 e. The molecule has 0 saturated heterocycles. The van der Waals surface area contributed by atoms with Crippen molar-refractivity contribution < 1.29 is 19.0 Å². The number of halogens is 2. The highest BCUT2D eigenvalue weighted by Crippen LogP contribution is 2.35. The lowest BCUT2D eigenvalue weighted by atomic mass is 9.95. The summed E-state index contributed by atoms with van der Waals surface area (Å²) in [4.78, 5) is 33.3. The third-order valence-electron chi connectivity index (χ3n) is 7.53. The molecule has 1 aliphatic heterocycles. The molecule has 6 rings (SSSR count). The van der Waals surface area contributed by atoms with Crippen molar-refractivity contribution >= 4 is 63.2 Å². The van der Waals surface area contributed by atoms with E-state index in [1.807, 2.05) is 91.0 Å². The minimum absolute atomic E-state index is 0.269. The number of carbonyl (C=O) groups excluding carboxylic acids is 1. The summed E-state index contributed by atoms with van der Waals surface area (Å²) in [5.74, 6) is 1.39. The highest BCUT2D eigenvalue weighted by Gasteiger charge is 2.33. The van der Waals surface area contributed by atoms with E-state index >= 15 is 0 Å². The molecule has 1 amide bonds. The van der Waals surface area contributed by atoms with Gasteiger partial charge in [-0.1, -0.05) is 65.4 Å². The predicted octanol–water partition coefficient (Wildman–Crippen LogP) is 6.73. The average Bonchev–Trinajstić information content (AvgIpc) is 3.37. The van der Waals surface area contributed by atoms with Crippen LogP contribution in [0, 0.1) is 3.57 Å². The van der Waals surface area contributed by atoms with E-state index in [-0.39, 0.29) is 11.5 Å². The molecule has 1 atom stereocenters. The van der Waals surface area contributed by atoms with Crippen molar-refractivity contribution in [3.05, 3.63) is 147 Å². The number of hydrogen-bond donors (Lipinski definition) is 1. The Morgan fingerprint density at radius 1 is 1.02 bits per heavy atom. The molecule has 0 aliphatic carbocycles. The SMILES string of the molecule is COc1cccc([C@H]2C(C(=O)Nc3ccccc3)=C(C)N=c3s/c(=C\c4cc(I)c(OCc5cccc(Cl)c5)c(OC)c4)c(=O)n32)c1. The van der Waals surface area contributed by atoms with Crippen molar-refractivity contribution in [3.63, 3.8) is 0 Å². The van der Waals surface area contributed by atoms with Gasteiger partial charge in [0.05, 0.1) is 39.6 Å². The molecule has 11 heteroatoms. The Kier molecular flexibility index (Phi) is 9.81. The number of allylic oxidation sites excluding steroid dienone is 1. The van der Waals surface area contributed by atoms with E-state index in [4.69, 9.17) is 30.8 Å². The van der Waals surface area contributed by atoms with Crippen LogP contribution in [0.2, 0.25) is 5.02 Å². The van der Waals surface area contributed by atoms with Crippen molar-refractivity contribution in [2.75, 3.05) is 19.5 Å². The van der Waals surface area contributed by atoms with Gasteiger partial charge in [-0.2, -0.15) is 0 Å². The monoisotopic (exact) mass is 777 g/mol. The Morgan fingerprint density at radius 2 is 1.81 bits per heavy atom. The first-order valence-electron chi connectivity index (χ1n) is 14.5. The van der Waals surface area contributed by atoms with E-state index in [2.05, 4.69) is 27.9 Å². The number of fused-ring (bicyclic) bond motifs is 1. The van der Waals surface area contributed by atoms with Gasteiger partial charge in [-0.3, -0.25) is 14.2 Å². The van der Waals surface area contributed by atoms with E-state index in [1.54, 1.807) is 31.8 Å². The Bertz CT molecular complexity index is 2200. The number of rotatable bonds is 9. The lowest BCUT2D eigenvalue weighted by Crippen LogP contribution is -2.40. The minimum atomic E-state index is -0.732. The normalized spacial score (nSPS) is 14.3. The van der Waals surface area contributed by atoms with Crippen LogP contribution in [0.3, 0.4) is 0 Å². The number of methoxy groups -OCH3 is 2. The number of para-hydroxylation sites is 1. The first-order chi connectivity index (χ1) is 22.7.